The molecule has 0 spiro atoms. The lowest BCUT2D eigenvalue weighted by Gasteiger charge is -2.23. The summed E-state index contributed by atoms with van der Waals surface area (Å²) in [4.78, 5) is 11.7. The summed E-state index contributed by atoms with van der Waals surface area (Å²) in [5, 5.41) is 9.77. The van der Waals surface area contributed by atoms with Crippen molar-refractivity contribution < 1.29 is 19.4 Å². The van der Waals surface area contributed by atoms with Crippen LogP contribution in [0.5, 0.6) is 0 Å². The zero-order valence-corrected chi connectivity index (χ0v) is 10.2. The zero-order valence-electron chi connectivity index (χ0n) is 10.2. The first-order valence-corrected chi connectivity index (χ1v) is 6.30. The minimum absolute atomic E-state index is 0.270. The molecule has 1 aromatic rings. The predicted molar refractivity (Wildman–Crippen MR) is 65.8 cm³/mol. The van der Waals surface area contributed by atoms with Gasteiger partial charge in [-0.2, -0.15) is 0 Å². The Labute approximate surface area is 107 Å². The molecular weight excluding hydrogens is 232 g/mol. The van der Waals surface area contributed by atoms with E-state index in [1.807, 2.05) is 30.3 Å². The van der Waals surface area contributed by atoms with Gasteiger partial charge >= 0.3 is 5.97 Å². The monoisotopic (exact) mass is 250 g/mol. The Morgan fingerprint density at radius 2 is 2.17 bits per heavy atom. The molecule has 1 saturated heterocycles. The molecule has 1 N–H and O–H groups in total. The highest BCUT2D eigenvalue weighted by atomic mass is 16.7. The summed E-state index contributed by atoms with van der Waals surface area (Å²) < 4.78 is 10.4. The van der Waals surface area contributed by atoms with Gasteiger partial charge in [0.25, 0.3) is 0 Å². The molecule has 1 unspecified atom stereocenters. The molecule has 1 aliphatic rings. The van der Waals surface area contributed by atoms with E-state index in [9.17, 15) is 9.90 Å². The first kappa shape index (κ1) is 13.1. The maximum Gasteiger partial charge on any atom is 0.337 e. The van der Waals surface area contributed by atoms with Crippen LogP contribution in [-0.4, -0.2) is 30.1 Å². The Balaban J connectivity index is 1.81. The van der Waals surface area contributed by atoms with Crippen LogP contribution in [-0.2, 0) is 20.7 Å². The lowest BCUT2D eigenvalue weighted by Crippen LogP contribution is -2.32. The topological polar surface area (TPSA) is 55.8 Å². The Hall–Kier alpha value is -1.39. The highest BCUT2D eigenvalue weighted by Crippen LogP contribution is 2.15. The number of hydrogen-bond acceptors (Lipinski definition) is 4. The Kier molecular flexibility index (Phi) is 4.73. The summed E-state index contributed by atoms with van der Waals surface area (Å²) in [5.74, 6) is -0.606. The Morgan fingerprint density at radius 3 is 2.83 bits per heavy atom. The number of aliphatic hydroxyl groups is 1. The van der Waals surface area contributed by atoms with Crippen molar-refractivity contribution in [1.82, 2.24) is 0 Å². The number of rotatable bonds is 4. The fourth-order valence-corrected chi connectivity index (χ4v) is 1.93. The molecule has 0 radical (unpaired) electrons. The van der Waals surface area contributed by atoms with Gasteiger partial charge in [0.15, 0.2) is 6.10 Å². The standard InChI is InChI=1S/C14H18O4/c15-12(10-11-6-2-1-3-7-11)14(16)18-13-8-4-5-9-17-13/h1-3,6-7,12-13,15H,4-5,8-10H2/t12-,13?/m1/s1. The fraction of sp³-hybridized carbons (Fsp3) is 0.500. The summed E-state index contributed by atoms with van der Waals surface area (Å²) in [7, 11) is 0. The highest BCUT2D eigenvalue weighted by Gasteiger charge is 2.23. The third-order valence-corrected chi connectivity index (χ3v) is 2.93. The van der Waals surface area contributed by atoms with Crippen LogP contribution in [0.15, 0.2) is 30.3 Å². The number of ether oxygens (including phenoxy) is 2. The van der Waals surface area contributed by atoms with Crippen molar-refractivity contribution in [2.24, 2.45) is 0 Å². The number of benzene rings is 1. The van der Waals surface area contributed by atoms with Gasteiger partial charge in [0.2, 0.25) is 6.29 Å². The fourth-order valence-electron chi connectivity index (χ4n) is 1.93. The third-order valence-electron chi connectivity index (χ3n) is 2.93. The zero-order chi connectivity index (χ0) is 12.8. The van der Waals surface area contributed by atoms with Crippen molar-refractivity contribution >= 4 is 5.97 Å². The van der Waals surface area contributed by atoms with Crippen LogP contribution < -0.4 is 0 Å². The molecule has 98 valence electrons. The van der Waals surface area contributed by atoms with E-state index in [4.69, 9.17) is 9.47 Å². The van der Waals surface area contributed by atoms with Crippen LogP contribution in [0.3, 0.4) is 0 Å². The number of aliphatic hydroxyl groups excluding tert-OH is 1. The van der Waals surface area contributed by atoms with Crippen LogP contribution in [0.2, 0.25) is 0 Å². The molecule has 0 saturated carbocycles. The molecule has 1 aliphatic heterocycles. The van der Waals surface area contributed by atoms with E-state index in [0.29, 0.717) is 13.0 Å². The highest BCUT2D eigenvalue weighted by molar-refractivity contribution is 5.74. The first-order chi connectivity index (χ1) is 8.75. The minimum Gasteiger partial charge on any atom is -0.434 e. The summed E-state index contributed by atoms with van der Waals surface area (Å²) in [6.07, 6.45) is 1.36. The van der Waals surface area contributed by atoms with Crippen LogP contribution in [0.25, 0.3) is 0 Å². The van der Waals surface area contributed by atoms with Gasteiger partial charge in [-0.15, -0.1) is 0 Å². The molecule has 0 bridgehead atoms. The van der Waals surface area contributed by atoms with Gasteiger partial charge in [-0.25, -0.2) is 4.79 Å². The maximum atomic E-state index is 11.7. The van der Waals surface area contributed by atoms with Crippen molar-refractivity contribution in [2.75, 3.05) is 6.61 Å². The van der Waals surface area contributed by atoms with Gasteiger partial charge in [-0.1, -0.05) is 30.3 Å². The van der Waals surface area contributed by atoms with E-state index in [0.717, 1.165) is 18.4 Å². The van der Waals surface area contributed by atoms with Crippen molar-refractivity contribution in [3.8, 4) is 0 Å². The Bertz CT molecular complexity index is 371. The molecule has 18 heavy (non-hydrogen) atoms. The number of hydrogen-bond donors (Lipinski definition) is 1. The quantitative estimate of drug-likeness (QED) is 0.826. The van der Waals surface area contributed by atoms with E-state index in [-0.39, 0.29) is 6.42 Å². The maximum absolute atomic E-state index is 11.7. The largest absolute Gasteiger partial charge is 0.434 e. The summed E-state index contributed by atoms with van der Waals surface area (Å²) in [5.41, 5.74) is 0.909. The lowest BCUT2D eigenvalue weighted by atomic mass is 10.1. The van der Waals surface area contributed by atoms with Gasteiger partial charge < -0.3 is 14.6 Å². The smallest absolute Gasteiger partial charge is 0.337 e. The third kappa shape index (κ3) is 3.82. The van der Waals surface area contributed by atoms with E-state index in [1.165, 1.54) is 0 Å². The second-order valence-corrected chi connectivity index (χ2v) is 4.44. The summed E-state index contributed by atoms with van der Waals surface area (Å²) in [6.45, 7) is 0.618. The lowest BCUT2D eigenvalue weighted by molar-refractivity contribution is -0.194. The van der Waals surface area contributed by atoms with Gasteiger partial charge in [0, 0.05) is 12.8 Å². The average molecular weight is 250 g/mol. The Morgan fingerprint density at radius 1 is 1.39 bits per heavy atom. The van der Waals surface area contributed by atoms with E-state index >= 15 is 0 Å². The van der Waals surface area contributed by atoms with Gasteiger partial charge in [-0.05, 0) is 18.4 Å². The number of carbonyl (C=O) groups excluding carboxylic acids is 1. The first-order valence-electron chi connectivity index (χ1n) is 6.30. The molecule has 2 atom stereocenters. The number of carbonyl (C=O) groups is 1. The average Bonchev–Trinajstić information content (AvgIpc) is 2.41. The second-order valence-electron chi connectivity index (χ2n) is 4.44. The normalized spacial score (nSPS) is 21.3. The molecule has 2 rings (SSSR count). The molecule has 0 aliphatic carbocycles. The van der Waals surface area contributed by atoms with Crippen molar-refractivity contribution in [3.05, 3.63) is 35.9 Å². The predicted octanol–water partition coefficient (Wildman–Crippen LogP) is 1.66. The molecule has 1 heterocycles. The molecule has 4 heteroatoms. The van der Waals surface area contributed by atoms with Crippen LogP contribution >= 0.6 is 0 Å². The molecule has 4 nitrogen and oxygen atoms in total. The van der Waals surface area contributed by atoms with Gasteiger partial charge in [0.1, 0.15) is 0 Å². The van der Waals surface area contributed by atoms with Crippen molar-refractivity contribution in [2.45, 2.75) is 38.1 Å². The molecule has 1 aromatic carbocycles. The molecule has 0 amide bonds. The van der Waals surface area contributed by atoms with Crippen LogP contribution in [0, 0.1) is 0 Å². The van der Waals surface area contributed by atoms with E-state index in [2.05, 4.69) is 0 Å². The van der Waals surface area contributed by atoms with Crippen LogP contribution in [0.4, 0.5) is 0 Å². The molecule has 0 aromatic heterocycles. The van der Waals surface area contributed by atoms with Crippen molar-refractivity contribution in [1.29, 1.82) is 0 Å². The van der Waals surface area contributed by atoms with Crippen molar-refractivity contribution in [3.63, 3.8) is 0 Å². The van der Waals surface area contributed by atoms with E-state index in [1.54, 1.807) is 0 Å². The van der Waals surface area contributed by atoms with Gasteiger partial charge in [-0.3, -0.25) is 0 Å². The van der Waals surface area contributed by atoms with Crippen LogP contribution in [0.1, 0.15) is 24.8 Å². The SMILES string of the molecule is O=C(OC1CCCCO1)[C@H](O)Cc1ccccc1. The summed E-state index contributed by atoms with van der Waals surface area (Å²) >= 11 is 0. The molecule has 1 fully saturated rings. The summed E-state index contributed by atoms with van der Waals surface area (Å²) in [6, 6.07) is 9.38. The van der Waals surface area contributed by atoms with Gasteiger partial charge in [0.05, 0.1) is 6.61 Å². The molecular formula is C14H18O4. The number of esters is 1. The van der Waals surface area contributed by atoms with E-state index < -0.39 is 18.4 Å². The second kappa shape index (κ2) is 6.52. The minimum atomic E-state index is -1.13.